The number of aliphatic carboxylic acids is 1. The SMILES string of the molecule is CC1(C)CCCC(NC(=O)NCCC(O)C(=O)O)C1. The van der Waals surface area contributed by atoms with Crippen LogP contribution in [0.2, 0.25) is 0 Å². The van der Waals surface area contributed by atoms with Gasteiger partial charge in [-0.3, -0.25) is 0 Å². The second-order valence-corrected chi connectivity index (χ2v) is 6.00. The molecule has 0 aliphatic heterocycles. The van der Waals surface area contributed by atoms with Crippen LogP contribution in [0.25, 0.3) is 0 Å². The average molecular weight is 272 g/mol. The van der Waals surface area contributed by atoms with Crippen LogP contribution in [-0.2, 0) is 4.79 Å². The first-order valence-corrected chi connectivity index (χ1v) is 6.75. The molecule has 1 saturated carbocycles. The van der Waals surface area contributed by atoms with Crippen molar-refractivity contribution >= 4 is 12.0 Å². The van der Waals surface area contributed by atoms with E-state index in [1.54, 1.807) is 0 Å². The summed E-state index contributed by atoms with van der Waals surface area (Å²) in [6.07, 6.45) is 2.81. The Morgan fingerprint density at radius 1 is 1.42 bits per heavy atom. The molecular formula is C13H24N2O4. The van der Waals surface area contributed by atoms with E-state index in [0.29, 0.717) is 0 Å². The van der Waals surface area contributed by atoms with Crippen LogP contribution < -0.4 is 10.6 Å². The van der Waals surface area contributed by atoms with E-state index < -0.39 is 12.1 Å². The molecule has 1 fully saturated rings. The third kappa shape index (κ3) is 5.92. The van der Waals surface area contributed by atoms with E-state index in [-0.39, 0.29) is 30.5 Å². The topological polar surface area (TPSA) is 98.7 Å². The molecule has 0 saturated heterocycles. The number of rotatable bonds is 5. The first kappa shape index (κ1) is 15.8. The lowest BCUT2D eigenvalue weighted by Crippen LogP contribution is -2.46. The zero-order chi connectivity index (χ0) is 14.5. The standard InChI is InChI=1S/C13H24N2O4/c1-13(2)6-3-4-9(8-13)15-12(19)14-7-5-10(16)11(17)18/h9-10,16H,3-8H2,1-2H3,(H,17,18)(H2,14,15,19). The third-order valence-corrected chi connectivity index (χ3v) is 3.53. The van der Waals surface area contributed by atoms with E-state index in [1.165, 1.54) is 6.42 Å². The molecule has 2 unspecified atom stereocenters. The van der Waals surface area contributed by atoms with Crippen molar-refractivity contribution in [2.75, 3.05) is 6.54 Å². The van der Waals surface area contributed by atoms with Crippen molar-refractivity contribution in [1.29, 1.82) is 0 Å². The molecule has 0 aromatic heterocycles. The van der Waals surface area contributed by atoms with Gasteiger partial charge in [-0.2, -0.15) is 0 Å². The monoisotopic (exact) mass is 272 g/mol. The highest BCUT2D eigenvalue weighted by molar-refractivity contribution is 5.74. The van der Waals surface area contributed by atoms with E-state index in [0.717, 1.165) is 19.3 Å². The van der Waals surface area contributed by atoms with Crippen molar-refractivity contribution in [2.24, 2.45) is 5.41 Å². The van der Waals surface area contributed by atoms with Gasteiger partial charge in [0.2, 0.25) is 0 Å². The van der Waals surface area contributed by atoms with Crippen LogP contribution in [0, 0.1) is 5.41 Å². The van der Waals surface area contributed by atoms with Crippen molar-refractivity contribution in [3.8, 4) is 0 Å². The van der Waals surface area contributed by atoms with Crippen molar-refractivity contribution < 1.29 is 19.8 Å². The van der Waals surface area contributed by atoms with Crippen molar-refractivity contribution in [2.45, 2.75) is 58.1 Å². The van der Waals surface area contributed by atoms with Gasteiger partial charge in [-0.25, -0.2) is 9.59 Å². The molecule has 0 aromatic carbocycles. The van der Waals surface area contributed by atoms with Gasteiger partial charge in [-0.05, 0) is 24.7 Å². The number of nitrogens with one attached hydrogen (secondary N) is 2. The zero-order valence-electron chi connectivity index (χ0n) is 11.6. The van der Waals surface area contributed by atoms with E-state index in [9.17, 15) is 9.59 Å². The maximum absolute atomic E-state index is 11.6. The van der Waals surface area contributed by atoms with Gasteiger partial charge in [0.1, 0.15) is 0 Å². The lowest BCUT2D eigenvalue weighted by molar-refractivity contribution is -0.146. The Kier molecular flexibility index (Phi) is 5.60. The van der Waals surface area contributed by atoms with Gasteiger partial charge in [0, 0.05) is 19.0 Å². The van der Waals surface area contributed by atoms with Crippen LogP contribution in [0.15, 0.2) is 0 Å². The molecule has 1 aliphatic carbocycles. The highest BCUT2D eigenvalue weighted by atomic mass is 16.4. The van der Waals surface area contributed by atoms with Gasteiger partial charge < -0.3 is 20.8 Å². The van der Waals surface area contributed by atoms with Gasteiger partial charge in [-0.15, -0.1) is 0 Å². The predicted molar refractivity (Wildman–Crippen MR) is 70.8 cm³/mol. The number of hydrogen-bond donors (Lipinski definition) is 4. The average Bonchev–Trinajstić information content (AvgIpc) is 2.27. The maximum Gasteiger partial charge on any atom is 0.332 e. The molecule has 0 spiro atoms. The van der Waals surface area contributed by atoms with Crippen molar-refractivity contribution in [3.63, 3.8) is 0 Å². The van der Waals surface area contributed by atoms with Gasteiger partial charge in [0.25, 0.3) is 0 Å². The molecule has 110 valence electrons. The minimum absolute atomic E-state index is 0.0128. The largest absolute Gasteiger partial charge is 0.479 e. The van der Waals surface area contributed by atoms with E-state index >= 15 is 0 Å². The van der Waals surface area contributed by atoms with Crippen LogP contribution in [0.1, 0.15) is 46.0 Å². The number of carboxylic acids is 1. The summed E-state index contributed by atoms with van der Waals surface area (Å²) in [5, 5.41) is 23.0. The van der Waals surface area contributed by atoms with Crippen LogP contribution in [0.5, 0.6) is 0 Å². The normalized spacial score (nSPS) is 23.4. The van der Waals surface area contributed by atoms with Crippen LogP contribution in [0.4, 0.5) is 4.79 Å². The van der Waals surface area contributed by atoms with Gasteiger partial charge in [0.15, 0.2) is 6.10 Å². The summed E-state index contributed by atoms with van der Waals surface area (Å²) < 4.78 is 0. The summed E-state index contributed by atoms with van der Waals surface area (Å²) in [4.78, 5) is 22.0. The minimum Gasteiger partial charge on any atom is -0.479 e. The minimum atomic E-state index is -1.42. The fraction of sp³-hybridized carbons (Fsp3) is 0.846. The van der Waals surface area contributed by atoms with E-state index in [2.05, 4.69) is 24.5 Å². The molecule has 2 amide bonds. The lowest BCUT2D eigenvalue weighted by atomic mass is 9.75. The summed E-state index contributed by atoms with van der Waals surface area (Å²) in [7, 11) is 0. The Morgan fingerprint density at radius 2 is 2.11 bits per heavy atom. The fourth-order valence-electron chi connectivity index (χ4n) is 2.50. The summed E-state index contributed by atoms with van der Waals surface area (Å²) in [6.45, 7) is 4.54. The molecule has 4 N–H and O–H groups in total. The maximum atomic E-state index is 11.6. The fourth-order valence-corrected chi connectivity index (χ4v) is 2.50. The molecule has 0 aromatic rings. The van der Waals surface area contributed by atoms with Crippen LogP contribution >= 0.6 is 0 Å². The second-order valence-electron chi connectivity index (χ2n) is 6.00. The molecule has 0 heterocycles. The van der Waals surface area contributed by atoms with Crippen molar-refractivity contribution in [3.05, 3.63) is 0 Å². The number of carbonyl (C=O) groups is 2. The van der Waals surface area contributed by atoms with E-state index in [4.69, 9.17) is 10.2 Å². The highest BCUT2D eigenvalue weighted by Crippen LogP contribution is 2.34. The lowest BCUT2D eigenvalue weighted by Gasteiger charge is -2.35. The quantitative estimate of drug-likeness (QED) is 0.602. The number of aliphatic hydroxyl groups is 1. The molecule has 0 bridgehead atoms. The summed E-state index contributed by atoms with van der Waals surface area (Å²) in [5.74, 6) is -1.27. The number of amides is 2. The van der Waals surface area contributed by atoms with Crippen molar-refractivity contribution in [1.82, 2.24) is 10.6 Å². The smallest absolute Gasteiger partial charge is 0.332 e. The number of hydrogen-bond acceptors (Lipinski definition) is 3. The Bertz CT molecular complexity index is 331. The Hall–Kier alpha value is -1.30. The van der Waals surface area contributed by atoms with Crippen LogP contribution in [-0.4, -0.2) is 40.9 Å². The highest BCUT2D eigenvalue weighted by Gasteiger charge is 2.28. The summed E-state index contributed by atoms with van der Waals surface area (Å²) >= 11 is 0. The molecule has 19 heavy (non-hydrogen) atoms. The zero-order valence-corrected chi connectivity index (χ0v) is 11.6. The van der Waals surface area contributed by atoms with Gasteiger partial charge >= 0.3 is 12.0 Å². The molecule has 1 rings (SSSR count). The molecule has 2 atom stereocenters. The summed E-state index contributed by atoms with van der Waals surface area (Å²) in [6, 6.07) is -0.117. The second kappa shape index (κ2) is 6.75. The molecule has 1 aliphatic rings. The number of carbonyl (C=O) groups excluding carboxylic acids is 1. The first-order valence-electron chi connectivity index (χ1n) is 6.75. The third-order valence-electron chi connectivity index (χ3n) is 3.53. The Labute approximate surface area is 113 Å². The first-order chi connectivity index (χ1) is 8.80. The molecule has 6 nitrogen and oxygen atoms in total. The van der Waals surface area contributed by atoms with Gasteiger partial charge in [-0.1, -0.05) is 20.3 Å². The molecular weight excluding hydrogens is 248 g/mol. The number of aliphatic hydroxyl groups excluding tert-OH is 1. The molecule has 0 radical (unpaired) electrons. The van der Waals surface area contributed by atoms with Gasteiger partial charge in [0.05, 0.1) is 0 Å². The predicted octanol–water partition coefficient (Wildman–Crippen LogP) is 1.09. The van der Waals surface area contributed by atoms with Crippen LogP contribution in [0.3, 0.4) is 0 Å². The molecule has 6 heteroatoms. The number of carboxylic acid groups (broad SMARTS) is 1. The number of urea groups is 1. The summed E-state index contributed by atoms with van der Waals surface area (Å²) in [5.41, 5.74) is 0.260. The Balaban J connectivity index is 2.22. The van der Waals surface area contributed by atoms with E-state index in [1.807, 2.05) is 0 Å². The Morgan fingerprint density at radius 3 is 2.68 bits per heavy atom.